The predicted octanol–water partition coefficient (Wildman–Crippen LogP) is 2.88. The van der Waals surface area contributed by atoms with Crippen LogP contribution in [-0.2, 0) is 11.2 Å². The average molecular weight is 315 g/mol. The van der Waals surface area contributed by atoms with E-state index in [1.165, 1.54) is 11.3 Å². The molecule has 22 heavy (non-hydrogen) atoms. The molecular weight excluding hydrogens is 298 g/mol. The standard InChI is InChI=1S/C15H17N5OS/c1-10(2)11-5-3-4-6-12(11)17-13(21)7-8-14-19-20-9-16-18-15(20)22-14/h3-6,9-10H,7-8H2,1-2H3,(H,17,21). The molecule has 0 atom stereocenters. The van der Waals surface area contributed by atoms with E-state index < -0.39 is 0 Å². The van der Waals surface area contributed by atoms with Gasteiger partial charge in [0.1, 0.15) is 11.3 Å². The molecule has 0 unspecified atom stereocenters. The highest BCUT2D eigenvalue weighted by molar-refractivity contribution is 7.16. The van der Waals surface area contributed by atoms with E-state index in [1.807, 2.05) is 24.3 Å². The molecule has 3 aromatic rings. The molecule has 0 radical (unpaired) electrons. The molecule has 2 aromatic heterocycles. The van der Waals surface area contributed by atoms with Crippen LogP contribution in [-0.4, -0.2) is 25.7 Å². The Hall–Kier alpha value is -2.28. The number of amides is 1. The van der Waals surface area contributed by atoms with Crippen molar-refractivity contribution < 1.29 is 4.79 Å². The zero-order chi connectivity index (χ0) is 15.5. The summed E-state index contributed by atoms with van der Waals surface area (Å²) in [5.74, 6) is 0.370. The van der Waals surface area contributed by atoms with Gasteiger partial charge < -0.3 is 5.32 Å². The third kappa shape index (κ3) is 3.14. The third-order valence-electron chi connectivity index (χ3n) is 3.35. The largest absolute Gasteiger partial charge is 0.326 e. The molecule has 0 fully saturated rings. The second-order valence-electron chi connectivity index (χ2n) is 5.34. The van der Waals surface area contributed by atoms with Crippen LogP contribution in [0.2, 0.25) is 0 Å². The van der Waals surface area contributed by atoms with Crippen molar-refractivity contribution in [2.24, 2.45) is 0 Å². The first kappa shape index (κ1) is 14.6. The Balaban J connectivity index is 1.62. The van der Waals surface area contributed by atoms with Crippen molar-refractivity contribution in [3.63, 3.8) is 0 Å². The van der Waals surface area contributed by atoms with Crippen LogP contribution in [0, 0.1) is 0 Å². The van der Waals surface area contributed by atoms with Crippen molar-refractivity contribution in [3.8, 4) is 0 Å². The first-order chi connectivity index (χ1) is 10.6. The first-order valence-electron chi connectivity index (χ1n) is 7.18. The summed E-state index contributed by atoms with van der Waals surface area (Å²) in [6.45, 7) is 4.23. The highest BCUT2D eigenvalue weighted by atomic mass is 32.1. The molecule has 1 aromatic carbocycles. The highest BCUT2D eigenvalue weighted by Gasteiger charge is 2.11. The van der Waals surface area contributed by atoms with Gasteiger partial charge in [0.25, 0.3) is 0 Å². The second kappa shape index (κ2) is 6.23. The lowest BCUT2D eigenvalue weighted by molar-refractivity contribution is -0.116. The van der Waals surface area contributed by atoms with Crippen molar-refractivity contribution in [1.82, 2.24) is 19.8 Å². The first-order valence-corrected chi connectivity index (χ1v) is 7.99. The summed E-state index contributed by atoms with van der Waals surface area (Å²) in [7, 11) is 0. The zero-order valence-electron chi connectivity index (χ0n) is 12.5. The Morgan fingerprint density at radius 1 is 1.36 bits per heavy atom. The summed E-state index contributed by atoms with van der Waals surface area (Å²) < 4.78 is 1.63. The number of nitrogens with one attached hydrogen (secondary N) is 1. The smallest absolute Gasteiger partial charge is 0.234 e. The van der Waals surface area contributed by atoms with Gasteiger partial charge in [-0.25, -0.2) is 0 Å². The number of para-hydroxylation sites is 1. The lowest BCUT2D eigenvalue weighted by atomic mass is 10.0. The molecule has 0 aliphatic heterocycles. The van der Waals surface area contributed by atoms with Gasteiger partial charge in [0.2, 0.25) is 10.9 Å². The van der Waals surface area contributed by atoms with Crippen molar-refractivity contribution in [3.05, 3.63) is 41.2 Å². The van der Waals surface area contributed by atoms with Gasteiger partial charge >= 0.3 is 0 Å². The number of benzene rings is 1. The van der Waals surface area contributed by atoms with Crippen LogP contribution in [0.4, 0.5) is 5.69 Å². The number of hydrogen-bond acceptors (Lipinski definition) is 5. The SMILES string of the molecule is CC(C)c1ccccc1NC(=O)CCc1nn2cnnc2s1. The number of aryl methyl sites for hydroxylation is 1. The Kier molecular flexibility index (Phi) is 4.15. The molecule has 1 amide bonds. The number of aromatic nitrogens is 4. The van der Waals surface area contributed by atoms with Gasteiger partial charge in [-0.05, 0) is 17.5 Å². The summed E-state index contributed by atoms with van der Waals surface area (Å²) in [5, 5.41) is 15.9. The molecule has 0 aliphatic rings. The molecule has 0 bridgehead atoms. The molecule has 0 saturated carbocycles. The maximum Gasteiger partial charge on any atom is 0.234 e. The van der Waals surface area contributed by atoms with Gasteiger partial charge in [0, 0.05) is 18.5 Å². The summed E-state index contributed by atoms with van der Waals surface area (Å²) in [6.07, 6.45) is 2.56. The van der Waals surface area contributed by atoms with E-state index in [4.69, 9.17) is 0 Å². The van der Waals surface area contributed by atoms with Crippen LogP contribution in [0.25, 0.3) is 4.96 Å². The number of anilines is 1. The number of fused-ring (bicyclic) bond motifs is 1. The van der Waals surface area contributed by atoms with E-state index in [0.717, 1.165) is 21.2 Å². The molecule has 114 valence electrons. The maximum atomic E-state index is 12.1. The number of nitrogens with zero attached hydrogens (tertiary/aromatic N) is 4. The summed E-state index contributed by atoms with van der Waals surface area (Å²) in [6, 6.07) is 7.91. The summed E-state index contributed by atoms with van der Waals surface area (Å²) in [4.78, 5) is 12.9. The van der Waals surface area contributed by atoms with Crippen molar-refractivity contribution in [2.75, 3.05) is 5.32 Å². The van der Waals surface area contributed by atoms with Crippen LogP contribution >= 0.6 is 11.3 Å². The fraction of sp³-hybridized carbons (Fsp3) is 0.333. The monoisotopic (exact) mass is 315 g/mol. The predicted molar refractivity (Wildman–Crippen MR) is 86.1 cm³/mol. The minimum Gasteiger partial charge on any atom is -0.326 e. The fourth-order valence-electron chi connectivity index (χ4n) is 2.25. The van der Waals surface area contributed by atoms with Crippen LogP contribution in [0.3, 0.4) is 0 Å². The van der Waals surface area contributed by atoms with Crippen molar-refractivity contribution >= 4 is 27.9 Å². The Labute approximate surface area is 132 Å². The van der Waals surface area contributed by atoms with Gasteiger partial charge in [-0.2, -0.15) is 9.61 Å². The summed E-state index contributed by atoms with van der Waals surface area (Å²) in [5.41, 5.74) is 2.04. The number of carbonyl (C=O) groups excluding carboxylic acids is 1. The third-order valence-corrected chi connectivity index (χ3v) is 4.32. The van der Waals surface area contributed by atoms with Crippen molar-refractivity contribution in [2.45, 2.75) is 32.6 Å². The van der Waals surface area contributed by atoms with E-state index in [9.17, 15) is 4.79 Å². The van der Waals surface area contributed by atoms with E-state index >= 15 is 0 Å². The molecule has 0 saturated heterocycles. The van der Waals surface area contributed by atoms with Gasteiger partial charge in [0.15, 0.2) is 0 Å². The van der Waals surface area contributed by atoms with Gasteiger partial charge in [-0.15, -0.1) is 10.2 Å². The van der Waals surface area contributed by atoms with E-state index in [-0.39, 0.29) is 5.91 Å². The van der Waals surface area contributed by atoms with Crippen LogP contribution in [0.1, 0.15) is 36.8 Å². The molecule has 1 N–H and O–H groups in total. The summed E-state index contributed by atoms with van der Waals surface area (Å²) >= 11 is 1.46. The molecule has 7 heteroatoms. The molecule has 6 nitrogen and oxygen atoms in total. The maximum absolute atomic E-state index is 12.1. The van der Waals surface area contributed by atoms with Crippen LogP contribution < -0.4 is 5.32 Å². The quantitative estimate of drug-likeness (QED) is 0.786. The topological polar surface area (TPSA) is 72.2 Å². The lowest BCUT2D eigenvalue weighted by Crippen LogP contribution is -2.14. The fourth-order valence-corrected chi connectivity index (χ4v) is 3.06. The van der Waals surface area contributed by atoms with Gasteiger partial charge in [-0.3, -0.25) is 4.79 Å². The van der Waals surface area contributed by atoms with E-state index in [1.54, 1.807) is 10.8 Å². The van der Waals surface area contributed by atoms with Crippen molar-refractivity contribution in [1.29, 1.82) is 0 Å². The molecular formula is C15H17N5OS. The number of rotatable bonds is 5. The Morgan fingerprint density at radius 3 is 2.95 bits per heavy atom. The van der Waals surface area contributed by atoms with E-state index in [0.29, 0.717) is 18.8 Å². The van der Waals surface area contributed by atoms with Crippen LogP contribution in [0.15, 0.2) is 30.6 Å². The van der Waals surface area contributed by atoms with E-state index in [2.05, 4.69) is 34.5 Å². The normalized spacial score (nSPS) is 11.2. The van der Waals surface area contributed by atoms with Gasteiger partial charge in [0.05, 0.1) is 0 Å². The van der Waals surface area contributed by atoms with Gasteiger partial charge in [-0.1, -0.05) is 43.4 Å². The molecule has 0 aliphatic carbocycles. The molecule has 0 spiro atoms. The molecule has 3 rings (SSSR count). The Morgan fingerprint density at radius 2 is 2.18 bits per heavy atom. The number of carbonyl (C=O) groups is 1. The van der Waals surface area contributed by atoms with Crippen LogP contribution in [0.5, 0.6) is 0 Å². The highest BCUT2D eigenvalue weighted by Crippen LogP contribution is 2.24. The zero-order valence-corrected chi connectivity index (χ0v) is 13.3. The second-order valence-corrected chi connectivity index (χ2v) is 6.38. The average Bonchev–Trinajstić information content (AvgIpc) is 3.06. The molecule has 2 heterocycles. The number of hydrogen-bond donors (Lipinski definition) is 1. The minimum atomic E-state index is -0.000865. The Bertz CT molecular complexity index is 763. The minimum absolute atomic E-state index is 0.000865. The lowest BCUT2D eigenvalue weighted by Gasteiger charge is -2.13.